The van der Waals surface area contributed by atoms with Gasteiger partial charge in [-0.15, -0.1) is 10.2 Å². The summed E-state index contributed by atoms with van der Waals surface area (Å²) in [4.78, 5) is 0. The highest BCUT2D eigenvalue weighted by atomic mass is 19.3. The lowest BCUT2D eigenvalue weighted by molar-refractivity contribution is -0.126. The summed E-state index contributed by atoms with van der Waals surface area (Å²) in [5, 5.41) is 12.9. The quantitative estimate of drug-likeness (QED) is 0.676. The summed E-state index contributed by atoms with van der Waals surface area (Å²) in [6, 6.07) is 0. The molecule has 0 radical (unpaired) electrons. The van der Waals surface area contributed by atoms with Gasteiger partial charge < -0.3 is 5.73 Å². The number of nitrogens with two attached hydrogens (primary N) is 1. The topological polar surface area (TPSA) is 80.5 Å². The van der Waals surface area contributed by atoms with Crippen LogP contribution in [0.15, 0.2) is 0 Å². The van der Waals surface area contributed by atoms with Gasteiger partial charge in [0.25, 0.3) is 0 Å². The number of aromatic nitrogens is 4. The highest BCUT2D eigenvalue weighted by Gasteiger charge is 2.58. The van der Waals surface area contributed by atoms with Crippen molar-refractivity contribution in [3.63, 3.8) is 0 Å². The largest absolute Gasteiger partial charge is 0.329 e. The molecule has 3 N–H and O–H groups in total. The van der Waals surface area contributed by atoms with E-state index in [0.29, 0.717) is 5.82 Å². The highest BCUT2D eigenvalue weighted by Crippen LogP contribution is 2.51. The molecule has 1 aliphatic carbocycles. The number of aromatic amines is 1. The average Bonchev–Trinajstić information content (AvgIpc) is 2.51. The molecule has 0 spiro atoms. The van der Waals surface area contributed by atoms with Gasteiger partial charge in [-0.05, 0) is 0 Å². The first-order chi connectivity index (χ1) is 6.08. The van der Waals surface area contributed by atoms with Crippen LogP contribution in [-0.4, -0.2) is 33.1 Å². The number of tetrazole rings is 1. The maximum Gasteiger partial charge on any atom is 0.250 e. The summed E-state index contributed by atoms with van der Waals surface area (Å²) in [6.45, 7) is 0.127. The average molecular weight is 189 g/mol. The van der Waals surface area contributed by atoms with Crippen LogP contribution in [0.4, 0.5) is 8.78 Å². The zero-order valence-corrected chi connectivity index (χ0v) is 6.80. The van der Waals surface area contributed by atoms with Crippen LogP contribution in [0.5, 0.6) is 0 Å². The molecule has 0 bridgehead atoms. The lowest BCUT2D eigenvalue weighted by atomic mass is 9.65. The molecule has 0 aromatic carbocycles. The van der Waals surface area contributed by atoms with Crippen LogP contribution in [0, 0.1) is 0 Å². The van der Waals surface area contributed by atoms with Crippen molar-refractivity contribution in [2.45, 2.75) is 24.2 Å². The minimum Gasteiger partial charge on any atom is -0.329 e. The molecule has 0 aliphatic heterocycles. The molecule has 1 aromatic heterocycles. The van der Waals surface area contributed by atoms with Gasteiger partial charge in [-0.2, -0.15) is 5.21 Å². The smallest absolute Gasteiger partial charge is 0.250 e. The van der Waals surface area contributed by atoms with Gasteiger partial charge in [0.05, 0.1) is 5.41 Å². The fraction of sp³-hybridized carbons (Fsp3) is 0.833. The van der Waals surface area contributed by atoms with Crippen molar-refractivity contribution in [3.05, 3.63) is 5.82 Å². The summed E-state index contributed by atoms with van der Waals surface area (Å²) in [7, 11) is 0. The van der Waals surface area contributed by atoms with Gasteiger partial charge in [0.2, 0.25) is 5.92 Å². The third-order valence-corrected chi connectivity index (χ3v) is 2.40. The van der Waals surface area contributed by atoms with E-state index in [9.17, 15) is 8.78 Å². The zero-order chi connectivity index (χ0) is 9.53. The molecule has 1 saturated carbocycles. The molecular weight excluding hydrogens is 180 g/mol. The molecule has 5 nitrogen and oxygen atoms in total. The molecule has 7 heteroatoms. The molecule has 13 heavy (non-hydrogen) atoms. The van der Waals surface area contributed by atoms with Gasteiger partial charge in [-0.3, -0.25) is 0 Å². The van der Waals surface area contributed by atoms with Crippen molar-refractivity contribution < 1.29 is 8.78 Å². The summed E-state index contributed by atoms with van der Waals surface area (Å²) in [6.07, 6.45) is -0.563. The van der Waals surface area contributed by atoms with Crippen molar-refractivity contribution in [3.8, 4) is 0 Å². The second-order valence-corrected chi connectivity index (χ2v) is 3.43. The Hall–Kier alpha value is -1.11. The van der Waals surface area contributed by atoms with E-state index in [1.807, 2.05) is 0 Å². The molecule has 1 heterocycles. The lowest BCUT2D eigenvalue weighted by Gasteiger charge is -2.44. The third kappa shape index (κ3) is 1.19. The van der Waals surface area contributed by atoms with Gasteiger partial charge in [0, 0.05) is 19.4 Å². The number of alkyl halides is 2. The standard InChI is InChI=1S/C6H9F2N5/c7-6(8)1-5(2-6,3-9)4-10-12-13-11-4/h1-3,9H2,(H,10,11,12,13). The Balaban J connectivity index is 2.21. The first kappa shape index (κ1) is 8.49. The van der Waals surface area contributed by atoms with Crippen molar-refractivity contribution in [1.29, 1.82) is 0 Å². The predicted molar refractivity (Wildman–Crippen MR) is 39.1 cm³/mol. The van der Waals surface area contributed by atoms with Gasteiger partial charge in [-0.1, -0.05) is 5.21 Å². The van der Waals surface area contributed by atoms with Crippen LogP contribution in [-0.2, 0) is 5.41 Å². The minimum absolute atomic E-state index is 0.127. The SMILES string of the molecule is NCC1(c2nn[nH]n2)CC(F)(F)C1. The van der Waals surface area contributed by atoms with Crippen LogP contribution in [0.25, 0.3) is 0 Å². The van der Waals surface area contributed by atoms with E-state index in [0.717, 1.165) is 0 Å². The fourth-order valence-corrected chi connectivity index (χ4v) is 1.72. The number of rotatable bonds is 2. The van der Waals surface area contributed by atoms with Crippen molar-refractivity contribution >= 4 is 0 Å². The molecule has 1 fully saturated rings. The Morgan fingerprint density at radius 3 is 2.54 bits per heavy atom. The van der Waals surface area contributed by atoms with Crippen molar-refractivity contribution in [1.82, 2.24) is 20.6 Å². The summed E-state index contributed by atoms with van der Waals surface area (Å²) in [5.74, 6) is -2.33. The lowest BCUT2D eigenvalue weighted by Crippen LogP contribution is -2.54. The summed E-state index contributed by atoms with van der Waals surface area (Å²) >= 11 is 0. The van der Waals surface area contributed by atoms with Crippen molar-refractivity contribution in [2.75, 3.05) is 6.54 Å². The minimum atomic E-state index is -2.62. The van der Waals surface area contributed by atoms with Crippen LogP contribution < -0.4 is 5.73 Å². The van der Waals surface area contributed by atoms with Crippen LogP contribution in [0.3, 0.4) is 0 Å². The maximum absolute atomic E-state index is 12.7. The second-order valence-electron chi connectivity index (χ2n) is 3.43. The van der Waals surface area contributed by atoms with Crippen LogP contribution in [0.1, 0.15) is 18.7 Å². The van der Waals surface area contributed by atoms with E-state index in [-0.39, 0.29) is 19.4 Å². The molecule has 1 aromatic rings. The molecule has 72 valence electrons. The van der Waals surface area contributed by atoms with Gasteiger partial charge >= 0.3 is 0 Å². The van der Waals surface area contributed by atoms with Gasteiger partial charge in [0.15, 0.2) is 5.82 Å². The highest BCUT2D eigenvalue weighted by molar-refractivity contribution is 5.17. The second kappa shape index (κ2) is 2.44. The maximum atomic E-state index is 12.7. The number of hydrogen-bond donors (Lipinski definition) is 2. The number of hydrogen-bond acceptors (Lipinski definition) is 4. The number of nitrogens with one attached hydrogen (secondary N) is 1. The predicted octanol–water partition coefficient (Wildman–Crippen LogP) is -0.175. The molecule has 0 saturated heterocycles. The third-order valence-electron chi connectivity index (χ3n) is 2.40. The zero-order valence-electron chi connectivity index (χ0n) is 6.80. The van der Waals surface area contributed by atoms with Crippen molar-refractivity contribution in [2.24, 2.45) is 5.73 Å². The molecule has 0 unspecified atom stereocenters. The normalized spacial score (nSPS) is 23.9. The Morgan fingerprint density at radius 1 is 1.46 bits per heavy atom. The van der Waals surface area contributed by atoms with Crippen LogP contribution in [0.2, 0.25) is 0 Å². The molecular formula is C6H9F2N5. The number of nitrogens with zero attached hydrogens (tertiary/aromatic N) is 3. The van der Waals surface area contributed by atoms with E-state index in [1.165, 1.54) is 0 Å². The first-order valence-corrected chi connectivity index (χ1v) is 3.90. The molecule has 1 aliphatic rings. The Bertz CT molecular complexity index is 288. The van der Waals surface area contributed by atoms with Gasteiger partial charge in [-0.25, -0.2) is 8.78 Å². The van der Waals surface area contributed by atoms with Crippen LogP contribution >= 0.6 is 0 Å². The Morgan fingerprint density at radius 2 is 2.15 bits per heavy atom. The molecule has 2 rings (SSSR count). The van der Waals surface area contributed by atoms with Gasteiger partial charge in [0.1, 0.15) is 0 Å². The monoisotopic (exact) mass is 189 g/mol. The van der Waals surface area contributed by atoms with E-state index in [1.54, 1.807) is 0 Å². The summed E-state index contributed by atoms with van der Waals surface area (Å²) in [5.41, 5.74) is 4.66. The number of H-pyrrole nitrogens is 1. The first-order valence-electron chi connectivity index (χ1n) is 3.90. The molecule has 0 atom stereocenters. The summed E-state index contributed by atoms with van der Waals surface area (Å²) < 4.78 is 25.3. The number of halogens is 2. The van der Waals surface area contributed by atoms with E-state index < -0.39 is 11.3 Å². The fourth-order valence-electron chi connectivity index (χ4n) is 1.72. The van der Waals surface area contributed by atoms with E-state index in [2.05, 4.69) is 20.6 Å². The Kier molecular flexibility index (Phi) is 1.59. The van der Waals surface area contributed by atoms with E-state index in [4.69, 9.17) is 5.73 Å². The molecule has 0 amide bonds. The Labute approximate surface area is 72.7 Å². The van der Waals surface area contributed by atoms with E-state index >= 15 is 0 Å².